The van der Waals surface area contributed by atoms with Gasteiger partial charge in [-0.3, -0.25) is 0 Å². The van der Waals surface area contributed by atoms with Crippen molar-refractivity contribution < 1.29 is 0 Å². The number of likely N-dealkylation sites (tertiary alicyclic amines) is 1. The number of hydrogen-bond acceptors (Lipinski definition) is 2. The Morgan fingerprint density at radius 1 is 1.05 bits per heavy atom. The van der Waals surface area contributed by atoms with E-state index >= 15 is 0 Å². The highest BCUT2D eigenvalue weighted by Crippen LogP contribution is 2.19. The molecule has 0 aromatic heterocycles. The fourth-order valence-corrected chi connectivity index (χ4v) is 3.04. The topological polar surface area (TPSA) is 15.3 Å². The van der Waals surface area contributed by atoms with E-state index < -0.39 is 0 Å². The zero-order valence-electron chi connectivity index (χ0n) is 12.8. The Labute approximate surface area is 127 Å². The average Bonchev–Trinajstić information content (AvgIpc) is 2.96. The van der Waals surface area contributed by atoms with Gasteiger partial charge in [-0.05, 0) is 37.0 Å². The first-order chi connectivity index (χ1) is 10.3. The molecule has 1 N–H and O–H groups in total. The van der Waals surface area contributed by atoms with E-state index in [2.05, 4.69) is 71.7 Å². The van der Waals surface area contributed by atoms with E-state index in [-0.39, 0.29) is 0 Å². The summed E-state index contributed by atoms with van der Waals surface area (Å²) in [6.07, 6.45) is 2.39. The van der Waals surface area contributed by atoms with Crippen molar-refractivity contribution in [2.45, 2.75) is 25.8 Å². The molecule has 0 spiro atoms. The van der Waals surface area contributed by atoms with Crippen molar-refractivity contribution in [2.75, 3.05) is 25.0 Å². The SMILES string of the molecule is Cc1ccccc1NC1CCN(CCc2ccccc2)C1. The molecule has 2 heteroatoms. The highest BCUT2D eigenvalue weighted by atomic mass is 15.2. The van der Waals surface area contributed by atoms with Crippen LogP contribution >= 0.6 is 0 Å². The van der Waals surface area contributed by atoms with Gasteiger partial charge in [-0.1, -0.05) is 48.5 Å². The van der Waals surface area contributed by atoms with Crippen molar-refractivity contribution >= 4 is 5.69 Å². The van der Waals surface area contributed by atoms with Crippen LogP contribution in [0.2, 0.25) is 0 Å². The molecule has 0 aliphatic carbocycles. The summed E-state index contributed by atoms with van der Waals surface area (Å²) < 4.78 is 0. The summed E-state index contributed by atoms with van der Waals surface area (Å²) in [7, 11) is 0. The lowest BCUT2D eigenvalue weighted by Crippen LogP contribution is -2.28. The van der Waals surface area contributed by atoms with Gasteiger partial charge in [0.25, 0.3) is 0 Å². The molecule has 21 heavy (non-hydrogen) atoms. The molecule has 0 radical (unpaired) electrons. The van der Waals surface area contributed by atoms with Crippen LogP contribution < -0.4 is 5.32 Å². The molecule has 1 aliphatic rings. The average molecular weight is 280 g/mol. The third-order valence-electron chi connectivity index (χ3n) is 4.34. The van der Waals surface area contributed by atoms with Crippen LogP contribution in [0, 0.1) is 6.92 Å². The molecule has 0 bridgehead atoms. The van der Waals surface area contributed by atoms with Crippen molar-refractivity contribution in [3.63, 3.8) is 0 Å². The zero-order valence-corrected chi connectivity index (χ0v) is 12.8. The molecule has 0 saturated carbocycles. The van der Waals surface area contributed by atoms with Gasteiger partial charge in [0.1, 0.15) is 0 Å². The maximum absolute atomic E-state index is 3.70. The third-order valence-corrected chi connectivity index (χ3v) is 4.34. The lowest BCUT2D eigenvalue weighted by Gasteiger charge is -2.18. The van der Waals surface area contributed by atoms with E-state index in [1.54, 1.807) is 0 Å². The van der Waals surface area contributed by atoms with Gasteiger partial charge in [0.2, 0.25) is 0 Å². The molecule has 1 atom stereocenters. The number of anilines is 1. The molecule has 0 amide bonds. The van der Waals surface area contributed by atoms with Gasteiger partial charge in [-0.2, -0.15) is 0 Å². The summed E-state index contributed by atoms with van der Waals surface area (Å²) >= 11 is 0. The molecule has 2 aromatic carbocycles. The Morgan fingerprint density at radius 3 is 2.62 bits per heavy atom. The van der Waals surface area contributed by atoms with Gasteiger partial charge >= 0.3 is 0 Å². The van der Waals surface area contributed by atoms with Crippen LogP contribution in [0.25, 0.3) is 0 Å². The standard InChI is InChI=1S/C19H24N2/c1-16-7-5-6-10-19(16)20-18-12-14-21(15-18)13-11-17-8-3-2-4-9-17/h2-10,18,20H,11-15H2,1H3. The number of aryl methyl sites for hydroxylation is 1. The molecule has 1 aliphatic heterocycles. The lowest BCUT2D eigenvalue weighted by atomic mass is 10.1. The molecule has 110 valence electrons. The van der Waals surface area contributed by atoms with Gasteiger partial charge in [0.15, 0.2) is 0 Å². The molecule has 2 nitrogen and oxygen atoms in total. The second kappa shape index (κ2) is 6.77. The van der Waals surface area contributed by atoms with Crippen LogP contribution in [0.3, 0.4) is 0 Å². The monoisotopic (exact) mass is 280 g/mol. The van der Waals surface area contributed by atoms with E-state index in [9.17, 15) is 0 Å². The van der Waals surface area contributed by atoms with Gasteiger partial charge < -0.3 is 10.2 Å². The second-order valence-electron chi connectivity index (χ2n) is 5.98. The Morgan fingerprint density at radius 2 is 1.81 bits per heavy atom. The maximum Gasteiger partial charge on any atom is 0.0400 e. The van der Waals surface area contributed by atoms with E-state index in [1.807, 2.05) is 0 Å². The van der Waals surface area contributed by atoms with E-state index in [4.69, 9.17) is 0 Å². The fourth-order valence-electron chi connectivity index (χ4n) is 3.04. The van der Waals surface area contributed by atoms with Crippen LogP contribution in [-0.2, 0) is 6.42 Å². The maximum atomic E-state index is 3.70. The van der Waals surface area contributed by atoms with Crippen LogP contribution in [0.1, 0.15) is 17.5 Å². The molecule has 3 rings (SSSR count). The Bertz CT molecular complexity index is 565. The molecule has 1 saturated heterocycles. The quantitative estimate of drug-likeness (QED) is 0.898. The van der Waals surface area contributed by atoms with E-state index in [0.717, 1.165) is 19.5 Å². The first kappa shape index (κ1) is 14.2. The summed E-state index contributed by atoms with van der Waals surface area (Å²) in [6, 6.07) is 19.9. The number of hydrogen-bond donors (Lipinski definition) is 1. The summed E-state index contributed by atoms with van der Waals surface area (Å²) in [6.45, 7) is 5.69. The third kappa shape index (κ3) is 3.85. The first-order valence-electron chi connectivity index (χ1n) is 7.90. The Balaban J connectivity index is 1.48. The van der Waals surface area contributed by atoms with Gasteiger partial charge in [0, 0.05) is 31.4 Å². The predicted molar refractivity (Wildman–Crippen MR) is 89.8 cm³/mol. The van der Waals surface area contributed by atoms with Crippen LogP contribution in [0.15, 0.2) is 54.6 Å². The van der Waals surface area contributed by atoms with Crippen molar-refractivity contribution in [1.82, 2.24) is 4.90 Å². The zero-order chi connectivity index (χ0) is 14.5. The number of benzene rings is 2. The molecule has 1 fully saturated rings. The lowest BCUT2D eigenvalue weighted by molar-refractivity contribution is 0.340. The highest BCUT2D eigenvalue weighted by Gasteiger charge is 2.22. The number of para-hydroxylation sites is 1. The minimum absolute atomic E-state index is 0.585. The summed E-state index contributed by atoms with van der Waals surface area (Å²) in [5, 5.41) is 3.70. The molecular weight excluding hydrogens is 256 g/mol. The van der Waals surface area contributed by atoms with Crippen LogP contribution in [0.5, 0.6) is 0 Å². The Hall–Kier alpha value is -1.80. The summed E-state index contributed by atoms with van der Waals surface area (Å²) in [5.74, 6) is 0. The summed E-state index contributed by atoms with van der Waals surface area (Å²) in [4.78, 5) is 2.57. The van der Waals surface area contributed by atoms with Crippen molar-refractivity contribution in [3.8, 4) is 0 Å². The molecular formula is C19H24N2. The highest BCUT2D eigenvalue weighted by molar-refractivity contribution is 5.51. The number of nitrogens with one attached hydrogen (secondary N) is 1. The first-order valence-corrected chi connectivity index (χ1v) is 7.90. The van der Waals surface area contributed by atoms with Crippen LogP contribution in [0.4, 0.5) is 5.69 Å². The Kier molecular flexibility index (Phi) is 4.56. The number of nitrogens with zero attached hydrogens (tertiary/aromatic N) is 1. The van der Waals surface area contributed by atoms with Crippen molar-refractivity contribution in [1.29, 1.82) is 0 Å². The predicted octanol–water partition coefficient (Wildman–Crippen LogP) is 3.72. The fraction of sp³-hybridized carbons (Fsp3) is 0.368. The van der Waals surface area contributed by atoms with Crippen molar-refractivity contribution in [2.24, 2.45) is 0 Å². The minimum atomic E-state index is 0.585. The van der Waals surface area contributed by atoms with Gasteiger partial charge in [0.05, 0.1) is 0 Å². The van der Waals surface area contributed by atoms with E-state index in [0.29, 0.717) is 6.04 Å². The van der Waals surface area contributed by atoms with Crippen LogP contribution in [-0.4, -0.2) is 30.6 Å². The normalized spacial score (nSPS) is 18.8. The second-order valence-corrected chi connectivity index (χ2v) is 5.98. The van der Waals surface area contributed by atoms with Gasteiger partial charge in [-0.15, -0.1) is 0 Å². The molecule has 2 aromatic rings. The number of rotatable bonds is 5. The smallest absolute Gasteiger partial charge is 0.0400 e. The molecule has 1 unspecified atom stereocenters. The van der Waals surface area contributed by atoms with Crippen molar-refractivity contribution in [3.05, 3.63) is 65.7 Å². The van der Waals surface area contributed by atoms with Gasteiger partial charge in [-0.25, -0.2) is 0 Å². The van der Waals surface area contributed by atoms with E-state index in [1.165, 1.54) is 29.8 Å². The molecule has 1 heterocycles. The summed E-state index contributed by atoms with van der Waals surface area (Å²) in [5.41, 5.74) is 4.06. The minimum Gasteiger partial charge on any atom is -0.381 e. The largest absolute Gasteiger partial charge is 0.381 e.